The fraction of sp³-hybridized carbons (Fsp3) is 0.588. The van der Waals surface area contributed by atoms with Crippen molar-refractivity contribution in [3.05, 3.63) is 23.3 Å². The molecule has 0 radical (unpaired) electrons. The smallest absolute Gasteiger partial charge is 0.224 e. The van der Waals surface area contributed by atoms with Crippen LogP contribution >= 0.6 is 0 Å². The van der Waals surface area contributed by atoms with E-state index in [0.717, 1.165) is 55.5 Å². The van der Waals surface area contributed by atoms with E-state index in [1.165, 1.54) is 0 Å². The number of hydrogen-bond acceptors (Lipinski definition) is 5. The van der Waals surface area contributed by atoms with Crippen molar-refractivity contribution in [1.29, 1.82) is 0 Å². The van der Waals surface area contributed by atoms with Crippen LogP contribution in [-0.2, 0) is 16.0 Å². The lowest BCUT2D eigenvalue weighted by molar-refractivity contribution is -0.120. The number of benzene rings is 1. The SMILES string of the molecule is Cc1cc2c(cc1CC(=O)NCCN1CCOCC1)OCCO2. The van der Waals surface area contributed by atoms with Crippen molar-refractivity contribution < 1.29 is 19.0 Å². The Morgan fingerprint density at radius 1 is 1.13 bits per heavy atom. The average molecular weight is 320 g/mol. The number of fused-ring (bicyclic) bond motifs is 1. The topological polar surface area (TPSA) is 60.0 Å². The molecular formula is C17H24N2O4. The second-order valence-corrected chi connectivity index (χ2v) is 5.90. The molecule has 23 heavy (non-hydrogen) atoms. The van der Waals surface area contributed by atoms with Crippen LogP contribution in [0, 0.1) is 6.92 Å². The predicted octanol–water partition coefficient (Wildman–Crippen LogP) is 0.757. The lowest BCUT2D eigenvalue weighted by Gasteiger charge is -2.26. The van der Waals surface area contributed by atoms with Crippen LogP contribution in [0.15, 0.2) is 12.1 Å². The Balaban J connectivity index is 1.49. The first-order chi connectivity index (χ1) is 11.2. The molecule has 1 saturated heterocycles. The van der Waals surface area contributed by atoms with Crippen molar-refractivity contribution in [2.24, 2.45) is 0 Å². The summed E-state index contributed by atoms with van der Waals surface area (Å²) in [7, 11) is 0. The Morgan fingerprint density at radius 3 is 2.57 bits per heavy atom. The monoisotopic (exact) mass is 320 g/mol. The summed E-state index contributed by atoms with van der Waals surface area (Å²) in [4.78, 5) is 14.5. The molecule has 1 fully saturated rings. The molecule has 2 aliphatic heterocycles. The highest BCUT2D eigenvalue weighted by molar-refractivity contribution is 5.79. The van der Waals surface area contributed by atoms with E-state index in [-0.39, 0.29) is 5.91 Å². The lowest BCUT2D eigenvalue weighted by Crippen LogP contribution is -2.41. The summed E-state index contributed by atoms with van der Waals surface area (Å²) in [5, 5.41) is 2.99. The minimum absolute atomic E-state index is 0.0398. The Hall–Kier alpha value is -1.79. The van der Waals surface area contributed by atoms with Gasteiger partial charge in [-0.05, 0) is 30.2 Å². The summed E-state index contributed by atoms with van der Waals surface area (Å²) in [6.07, 6.45) is 0.367. The number of carbonyl (C=O) groups is 1. The van der Waals surface area contributed by atoms with Gasteiger partial charge in [-0.1, -0.05) is 0 Å². The van der Waals surface area contributed by atoms with Gasteiger partial charge in [0.25, 0.3) is 0 Å². The van der Waals surface area contributed by atoms with Crippen molar-refractivity contribution in [2.75, 3.05) is 52.6 Å². The molecule has 6 nitrogen and oxygen atoms in total. The standard InChI is InChI=1S/C17H24N2O4/c1-13-10-15-16(23-9-8-22-15)11-14(13)12-17(20)18-2-3-19-4-6-21-7-5-19/h10-11H,2-9,12H2,1H3,(H,18,20). The van der Waals surface area contributed by atoms with Gasteiger partial charge in [0.15, 0.2) is 11.5 Å². The van der Waals surface area contributed by atoms with Gasteiger partial charge >= 0.3 is 0 Å². The number of ether oxygens (including phenoxy) is 3. The second-order valence-electron chi connectivity index (χ2n) is 5.90. The minimum Gasteiger partial charge on any atom is -0.486 e. The highest BCUT2D eigenvalue weighted by atomic mass is 16.6. The number of amides is 1. The summed E-state index contributed by atoms with van der Waals surface area (Å²) >= 11 is 0. The van der Waals surface area contributed by atoms with Gasteiger partial charge in [-0.15, -0.1) is 0 Å². The van der Waals surface area contributed by atoms with Crippen molar-refractivity contribution in [1.82, 2.24) is 10.2 Å². The quantitative estimate of drug-likeness (QED) is 0.868. The van der Waals surface area contributed by atoms with Crippen molar-refractivity contribution >= 4 is 5.91 Å². The van der Waals surface area contributed by atoms with Crippen LogP contribution in [0.2, 0.25) is 0 Å². The Labute approximate surface area is 136 Å². The molecular weight excluding hydrogens is 296 g/mol. The van der Waals surface area contributed by atoms with Crippen LogP contribution in [0.3, 0.4) is 0 Å². The molecule has 1 N–H and O–H groups in total. The molecule has 1 aromatic carbocycles. The van der Waals surface area contributed by atoms with E-state index in [0.29, 0.717) is 26.2 Å². The molecule has 0 aliphatic carbocycles. The van der Waals surface area contributed by atoms with E-state index in [9.17, 15) is 4.79 Å². The van der Waals surface area contributed by atoms with Gasteiger partial charge in [-0.2, -0.15) is 0 Å². The Morgan fingerprint density at radius 2 is 1.83 bits per heavy atom. The number of carbonyl (C=O) groups excluding carboxylic acids is 1. The molecule has 0 saturated carbocycles. The highest BCUT2D eigenvalue weighted by Crippen LogP contribution is 2.33. The summed E-state index contributed by atoms with van der Waals surface area (Å²) in [6, 6.07) is 3.87. The molecule has 2 heterocycles. The normalized spacial score (nSPS) is 17.8. The summed E-state index contributed by atoms with van der Waals surface area (Å²) in [6.45, 7) is 8.12. The predicted molar refractivity (Wildman–Crippen MR) is 86.1 cm³/mol. The van der Waals surface area contributed by atoms with E-state index < -0.39 is 0 Å². The van der Waals surface area contributed by atoms with Gasteiger partial charge in [-0.3, -0.25) is 9.69 Å². The van der Waals surface area contributed by atoms with Gasteiger partial charge in [0.2, 0.25) is 5.91 Å². The fourth-order valence-corrected chi connectivity index (χ4v) is 2.84. The largest absolute Gasteiger partial charge is 0.486 e. The third-order valence-electron chi connectivity index (χ3n) is 4.21. The zero-order valence-corrected chi connectivity index (χ0v) is 13.6. The second kappa shape index (κ2) is 7.66. The van der Waals surface area contributed by atoms with Crippen LogP contribution in [0.25, 0.3) is 0 Å². The zero-order valence-electron chi connectivity index (χ0n) is 13.6. The van der Waals surface area contributed by atoms with E-state index >= 15 is 0 Å². The Kier molecular flexibility index (Phi) is 5.35. The summed E-state index contributed by atoms with van der Waals surface area (Å²) < 4.78 is 16.5. The number of hydrogen-bond donors (Lipinski definition) is 1. The molecule has 126 valence electrons. The number of rotatable bonds is 5. The van der Waals surface area contributed by atoms with Crippen molar-refractivity contribution in [3.63, 3.8) is 0 Å². The molecule has 3 rings (SSSR count). The first-order valence-electron chi connectivity index (χ1n) is 8.18. The zero-order chi connectivity index (χ0) is 16.1. The molecule has 0 atom stereocenters. The van der Waals surface area contributed by atoms with Crippen molar-refractivity contribution in [2.45, 2.75) is 13.3 Å². The molecule has 2 aliphatic rings. The molecule has 0 aromatic heterocycles. The number of morpholine rings is 1. The lowest BCUT2D eigenvalue weighted by atomic mass is 10.0. The van der Waals surface area contributed by atoms with E-state index in [2.05, 4.69) is 10.2 Å². The van der Waals surface area contributed by atoms with Gasteiger partial charge in [0.1, 0.15) is 13.2 Å². The van der Waals surface area contributed by atoms with Crippen LogP contribution in [0.5, 0.6) is 11.5 Å². The maximum absolute atomic E-state index is 12.1. The van der Waals surface area contributed by atoms with Gasteiger partial charge in [0.05, 0.1) is 19.6 Å². The molecule has 0 bridgehead atoms. The average Bonchev–Trinajstić information content (AvgIpc) is 2.56. The summed E-state index contributed by atoms with van der Waals surface area (Å²) in [5.41, 5.74) is 2.04. The number of aryl methyl sites for hydroxylation is 1. The number of nitrogens with zero attached hydrogens (tertiary/aromatic N) is 1. The van der Waals surface area contributed by atoms with Gasteiger partial charge < -0.3 is 19.5 Å². The number of nitrogens with one attached hydrogen (secondary N) is 1. The maximum atomic E-state index is 12.1. The molecule has 6 heteroatoms. The molecule has 0 unspecified atom stereocenters. The summed E-state index contributed by atoms with van der Waals surface area (Å²) in [5.74, 6) is 1.54. The maximum Gasteiger partial charge on any atom is 0.224 e. The van der Waals surface area contributed by atoms with Gasteiger partial charge in [0, 0.05) is 26.2 Å². The Bertz CT molecular complexity index is 556. The third kappa shape index (κ3) is 4.36. The first-order valence-corrected chi connectivity index (χ1v) is 8.18. The van der Waals surface area contributed by atoms with Crippen molar-refractivity contribution in [3.8, 4) is 11.5 Å². The highest BCUT2D eigenvalue weighted by Gasteiger charge is 2.16. The molecule has 1 amide bonds. The minimum atomic E-state index is 0.0398. The van der Waals surface area contributed by atoms with Crippen LogP contribution in [0.4, 0.5) is 0 Å². The van der Waals surface area contributed by atoms with Crippen LogP contribution in [-0.4, -0.2) is 63.4 Å². The third-order valence-corrected chi connectivity index (χ3v) is 4.21. The van der Waals surface area contributed by atoms with E-state index in [4.69, 9.17) is 14.2 Å². The van der Waals surface area contributed by atoms with E-state index in [1.807, 2.05) is 19.1 Å². The van der Waals surface area contributed by atoms with Gasteiger partial charge in [-0.25, -0.2) is 0 Å². The van der Waals surface area contributed by atoms with Crippen LogP contribution in [0.1, 0.15) is 11.1 Å². The molecule has 1 aromatic rings. The molecule has 0 spiro atoms. The van der Waals surface area contributed by atoms with Crippen LogP contribution < -0.4 is 14.8 Å². The first kappa shape index (κ1) is 16.1. The van der Waals surface area contributed by atoms with E-state index in [1.54, 1.807) is 0 Å². The fourth-order valence-electron chi connectivity index (χ4n) is 2.84.